The summed E-state index contributed by atoms with van der Waals surface area (Å²) in [5.74, 6) is -0.229. The van der Waals surface area contributed by atoms with Gasteiger partial charge in [0.2, 0.25) is 0 Å². The molecule has 1 heterocycles. The van der Waals surface area contributed by atoms with Crippen LogP contribution in [0.5, 0.6) is 0 Å². The van der Waals surface area contributed by atoms with Gasteiger partial charge >= 0.3 is 0 Å². The summed E-state index contributed by atoms with van der Waals surface area (Å²) in [5, 5.41) is 0. The van der Waals surface area contributed by atoms with Gasteiger partial charge in [0.25, 0.3) is 0 Å². The summed E-state index contributed by atoms with van der Waals surface area (Å²) in [6, 6.07) is 4.78. The highest BCUT2D eigenvalue weighted by Gasteiger charge is 2.14. The average molecular weight is 210 g/mol. The summed E-state index contributed by atoms with van der Waals surface area (Å²) in [7, 11) is 0. The normalized spacial score (nSPS) is 16.8. The lowest BCUT2D eigenvalue weighted by Crippen LogP contribution is -2.37. The van der Waals surface area contributed by atoms with Crippen molar-refractivity contribution in [2.24, 2.45) is 5.73 Å². The minimum atomic E-state index is -0.229. The number of hydrogen-bond donors (Lipinski definition) is 1. The zero-order valence-electron chi connectivity index (χ0n) is 8.58. The van der Waals surface area contributed by atoms with E-state index in [1.165, 1.54) is 12.1 Å². The number of hydrogen-bond acceptors (Lipinski definition) is 3. The Kier molecular flexibility index (Phi) is 3.18. The van der Waals surface area contributed by atoms with Crippen LogP contribution in [0.25, 0.3) is 0 Å². The van der Waals surface area contributed by atoms with E-state index in [1.807, 2.05) is 0 Å². The first-order valence-corrected chi connectivity index (χ1v) is 5.12. The molecule has 0 atom stereocenters. The highest BCUT2D eigenvalue weighted by molar-refractivity contribution is 5.54. The number of nitrogens with zero attached hydrogens (tertiary/aromatic N) is 1. The molecule has 0 bridgehead atoms. The lowest BCUT2D eigenvalue weighted by atomic mass is 10.1. The molecule has 0 radical (unpaired) electrons. The van der Waals surface area contributed by atoms with Gasteiger partial charge in [-0.1, -0.05) is 0 Å². The molecular formula is C11H15FN2O. The Bertz CT molecular complexity index is 337. The maximum atomic E-state index is 13.0. The molecule has 0 aromatic heterocycles. The minimum Gasteiger partial charge on any atom is -0.378 e. The average Bonchev–Trinajstić information content (AvgIpc) is 2.30. The molecule has 0 aliphatic carbocycles. The van der Waals surface area contributed by atoms with Gasteiger partial charge in [-0.05, 0) is 23.8 Å². The number of benzene rings is 1. The Morgan fingerprint density at radius 3 is 2.73 bits per heavy atom. The number of rotatable bonds is 2. The number of ether oxygens (including phenoxy) is 1. The van der Waals surface area contributed by atoms with Crippen molar-refractivity contribution in [3.63, 3.8) is 0 Å². The molecule has 0 amide bonds. The number of morpholine rings is 1. The van der Waals surface area contributed by atoms with E-state index in [9.17, 15) is 4.39 Å². The van der Waals surface area contributed by atoms with Crippen molar-refractivity contribution in [3.8, 4) is 0 Å². The molecule has 1 fully saturated rings. The van der Waals surface area contributed by atoms with Crippen LogP contribution in [-0.2, 0) is 11.3 Å². The summed E-state index contributed by atoms with van der Waals surface area (Å²) in [4.78, 5) is 2.19. The van der Waals surface area contributed by atoms with Gasteiger partial charge in [0.05, 0.1) is 13.2 Å². The first kappa shape index (κ1) is 10.4. The van der Waals surface area contributed by atoms with Gasteiger partial charge in [-0.25, -0.2) is 4.39 Å². The van der Waals surface area contributed by atoms with Crippen molar-refractivity contribution in [1.29, 1.82) is 0 Å². The third-order valence-corrected chi connectivity index (χ3v) is 2.61. The summed E-state index contributed by atoms with van der Waals surface area (Å²) in [6.07, 6.45) is 0. The van der Waals surface area contributed by atoms with Crippen molar-refractivity contribution in [3.05, 3.63) is 29.6 Å². The number of halogens is 1. The van der Waals surface area contributed by atoms with Crippen LogP contribution in [0.2, 0.25) is 0 Å². The van der Waals surface area contributed by atoms with Crippen molar-refractivity contribution < 1.29 is 9.13 Å². The van der Waals surface area contributed by atoms with E-state index in [0.717, 1.165) is 37.6 Å². The molecule has 0 unspecified atom stereocenters. The largest absolute Gasteiger partial charge is 0.378 e. The molecular weight excluding hydrogens is 195 g/mol. The fourth-order valence-corrected chi connectivity index (χ4v) is 1.83. The van der Waals surface area contributed by atoms with E-state index in [-0.39, 0.29) is 5.82 Å². The fraction of sp³-hybridized carbons (Fsp3) is 0.455. The van der Waals surface area contributed by atoms with Crippen LogP contribution >= 0.6 is 0 Å². The van der Waals surface area contributed by atoms with Gasteiger partial charge in [0.15, 0.2) is 0 Å². The smallest absolute Gasteiger partial charge is 0.123 e. The molecule has 4 heteroatoms. The number of nitrogens with two attached hydrogens (primary N) is 1. The monoisotopic (exact) mass is 210 g/mol. The molecule has 1 aromatic rings. The van der Waals surface area contributed by atoms with Gasteiger partial charge in [-0.2, -0.15) is 0 Å². The van der Waals surface area contributed by atoms with E-state index in [4.69, 9.17) is 10.5 Å². The molecule has 82 valence electrons. The van der Waals surface area contributed by atoms with Crippen LogP contribution in [0.15, 0.2) is 18.2 Å². The van der Waals surface area contributed by atoms with Crippen molar-refractivity contribution >= 4 is 5.69 Å². The third kappa shape index (κ3) is 2.27. The zero-order chi connectivity index (χ0) is 10.7. The van der Waals surface area contributed by atoms with Gasteiger partial charge in [-0.3, -0.25) is 0 Å². The summed E-state index contributed by atoms with van der Waals surface area (Å²) < 4.78 is 18.3. The second-order valence-corrected chi connectivity index (χ2v) is 3.58. The predicted molar refractivity (Wildman–Crippen MR) is 57.3 cm³/mol. The van der Waals surface area contributed by atoms with Crippen LogP contribution < -0.4 is 10.6 Å². The van der Waals surface area contributed by atoms with E-state index < -0.39 is 0 Å². The summed E-state index contributed by atoms with van der Waals surface area (Å²) in [6.45, 7) is 3.50. The van der Waals surface area contributed by atoms with Crippen LogP contribution in [0.1, 0.15) is 5.56 Å². The quantitative estimate of drug-likeness (QED) is 0.795. The van der Waals surface area contributed by atoms with Crippen molar-refractivity contribution in [2.75, 3.05) is 31.2 Å². The molecule has 1 saturated heterocycles. The van der Waals surface area contributed by atoms with E-state index in [0.29, 0.717) is 6.54 Å². The van der Waals surface area contributed by atoms with Crippen LogP contribution in [-0.4, -0.2) is 26.3 Å². The molecule has 1 aliphatic heterocycles. The summed E-state index contributed by atoms with van der Waals surface area (Å²) >= 11 is 0. The first-order valence-electron chi connectivity index (χ1n) is 5.12. The lowest BCUT2D eigenvalue weighted by Gasteiger charge is -2.30. The maximum Gasteiger partial charge on any atom is 0.123 e. The Labute approximate surface area is 88.6 Å². The van der Waals surface area contributed by atoms with E-state index >= 15 is 0 Å². The van der Waals surface area contributed by atoms with Gasteiger partial charge in [0.1, 0.15) is 5.82 Å². The topological polar surface area (TPSA) is 38.5 Å². The summed E-state index contributed by atoms with van der Waals surface area (Å²) in [5.41, 5.74) is 7.49. The van der Waals surface area contributed by atoms with Crippen LogP contribution in [0, 0.1) is 5.82 Å². The maximum absolute atomic E-state index is 13.0. The predicted octanol–water partition coefficient (Wildman–Crippen LogP) is 1.12. The van der Waals surface area contributed by atoms with Crippen molar-refractivity contribution in [2.45, 2.75) is 6.54 Å². The minimum absolute atomic E-state index is 0.229. The second kappa shape index (κ2) is 4.59. The van der Waals surface area contributed by atoms with Gasteiger partial charge < -0.3 is 15.4 Å². The third-order valence-electron chi connectivity index (χ3n) is 2.61. The zero-order valence-corrected chi connectivity index (χ0v) is 8.58. The molecule has 15 heavy (non-hydrogen) atoms. The SMILES string of the molecule is NCc1cc(F)ccc1N1CCOCC1. The highest BCUT2D eigenvalue weighted by atomic mass is 19.1. The molecule has 1 aromatic carbocycles. The lowest BCUT2D eigenvalue weighted by molar-refractivity contribution is 0.122. The highest BCUT2D eigenvalue weighted by Crippen LogP contribution is 2.22. The van der Waals surface area contributed by atoms with E-state index in [2.05, 4.69) is 4.90 Å². The Morgan fingerprint density at radius 1 is 1.33 bits per heavy atom. The standard InChI is InChI=1S/C11H15FN2O/c12-10-1-2-11(9(7-10)8-13)14-3-5-15-6-4-14/h1-2,7H,3-6,8,13H2. The first-order chi connectivity index (χ1) is 7.31. The second-order valence-electron chi connectivity index (χ2n) is 3.58. The Balaban J connectivity index is 2.25. The number of anilines is 1. The van der Waals surface area contributed by atoms with Crippen molar-refractivity contribution in [1.82, 2.24) is 0 Å². The van der Waals surface area contributed by atoms with Crippen LogP contribution in [0.3, 0.4) is 0 Å². The van der Waals surface area contributed by atoms with Crippen LogP contribution in [0.4, 0.5) is 10.1 Å². The fourth-order valence-electron chi connectivity index (χ4n) is 1.83. The van der Waals surface area contributed by atoms with Gasteiger partial charge in [0, 0.05) is 25.3 Å². The molecule has 2 rings (SSSR count). The molecule has 0 saturated carbocycles. The molecule has 1 aliphatic rings. The molecule has 3 nitrogen and oxygen atoms in total. The Hall–Kier alpha value is -1.13. The van der Waals surface area contributed by atoms with E-state index in [1.54, 1.807) is 6.07 Å². The van der Waals surface area contributed by atoms with Gasteiger partial charge in [-0.15, -0.1) is 0 Å². The molecule has 0 spiro atoms. The Morgan fingerprint density at radius 2 is 2.07 bits per heavy atom. The molecule has 2 N–H and O–H groups in total.